The summed E-state index contributed by atoms with van der Waals surface area (Å²) >= 11 is 0. The minimum Gasteiger partial charge on any atom is -0.345 e. The Morgan fingerprint density at radius 1 is 1.16 bits per heavy atom. The zero-order valence-electron chi connectivity index (χ0n) is 19.0. The molecule has 0 aliphatic heterocycles. The van der Waals surface area contributed by atoms with Crippen LogP contribution in [0.15, 0.2) is 42.6 Å². The van der Waals surface area contributed by atoms with E-state index >= 15 is 0 Å². The Hall–Kier alpha value is -3.48. The van der Waals surface area contributed by atoms with Crippen molar-refractivity contribution in [1.29, 1.82) is 0 Å². The first-order valence-corrected chi connectivity index (χ1v) is 11.1. The second-order valence-electron chi connectivity index (χ2n) is 8.83. The van der Waals surface area contributed by atoms with Crippen LogP contribution in [0.2, 0.25) is 0 Å². The third-order valence-electron chi connectivity index (χ3n) is 6.18. The zero-order valence-corrected chi connectivity index (χ0v) is 19.0. The van der Waals surface area contributed by atoms with Gasteiger partial charge in [0.05, 0.1) is 34.9 Å². The highest BCUT2D eigenvalue weighted by Gasteiger charge is 2.29. The highest BCUT2D eigenvalue weighted by Crippen LogP contribution is 2.40. The molecule has 0 saturated heterocycles. The Morgan fingerprint density at radius 3 is 2.56 bits per heavy atom. The lowest BCUT2D eigenvalue weighted by atomic mass is 10.1. The Bertz CT molecular complexity index is 1300. The van der Waals surface area contributed by atoms with Crippen LogP contribution in [0, 0.1) is 13.8 Å². The Labute approximate surface area is 187 Å². The molecule has 0 bridgehead atoms. The molecule has 7 nitrogen and oxygen atoms in total. The fourth-order valence-electron chi connectivity index (χ4n) is 4.40. The van der Waals surface area contributed by atoms with E-state index in [1.54, 1.807) is 4.68 Å². The second kappa shape index (κ2) is 7.89. The van der Waals surface area contributed by atoms with Crippen molar-refractivity contribution >= 4 is 16.9 Å². The zero-order chi connectivity index (χ0) is 22.4. The summed E-state index contributed by atoms with van der Waals surface area (Å²) < 4.78 is 3.71. The van der Waals surface area contributed by atoms with Crippen LogP contribution in [0.25, 0.3) is 11.0 Å². The number of rotatable bonds is 6. The van der Waals surface area contributed by atoms with Gasteiger partial charge < -0.3 is 5.32 Å². The Kier molecular flexibility index (Phi) is 5.04. The highest BCUT2D eigenvalue weighted by atomic mass is 16.1. The molecule has 164 valence electrons. The van der Waals surface area contributed by atoms with Gasteiger partial charge in [0.15, 0.2) is 5.65 Å². The summed E-state index contributed by atoms with van der Waals surface area (Å²) in [5.74, 6) is 0.335. The van der Waals surface area contributed by atoms with Crippen LogP contribution in [-0.4, -0.2) is 30.5 Å². The Balaban J connectivity index is 1.54. The van der Waals surface area contributed by atoms with Crippen molar-refractivity contribution in [3.8, 4) is 0 Å². The van der Waals surface area contributed by atoms with E-state index in [1.165, 1.54) is 0 Å². The Morgan fingerprint density at radius 2 is 1.91 bits per heavy atom. The number of carbonyl (C=O) groups is 1. The molecule has 7 heteroatoms. The molecule has 1 fully saturated rings. The predicted molar refractivity (Wildman–Crippen MR) is 124 cm³/mol. The fraction of sp³-hybridized carbons (Fsp3) is 0.360. The van der Waals surface area contributed by atoms with Crippen molar-refractivity contribution < 1.29 is 4.79 Å². The van der Waals surface area contributed by atoms with E-state index in [1.807, 2.05) is 63.0 Å². The molecule has 1 aliphatic rings. The highest BCUT2D eigenvalue weighted by molar-refractivity contribution is 6.06. The summed E-state index contributed by atoms with van der Waals surface area (Å²) in [6.45, 7) is 6.53. The molecule has 1 aliphatic carbocycles. The molecule has 1 atom stereocenters. The van der Waals surface area contributed by atoms with Crippen LogP contribution >= 0.6 is 0 Å². The molecular formula is C25H28N6O. The normalized spacial score (nSPS) is 14.6. The summed E-state index contributed by atoms with van der Waals surface area (Å²) in [6.07, 6.45) is 4.20. The molecule has 32 heavy (non-hydrogen) atoms. The van der Waals surface area contributed by atoms with Gasteiger partial charge in [-0.25, -0.2) is 9.67 Å². The van der Waals surface area contributed by atoms with Crippen molar-refractivity contribution in [3.05, 3.63) is 76.4 Å². The number of aryl methyl sites for hydroxylation is 3. The van der Waals surface area contributed by atoms with Crippen molar-refractivity contribution in [2.75, 3.05) is 0 Å². The number of amides is 1. The maximum atomic E-state index is 13.5. The predicted octanol–water partition coefficient (Wildman–Crippen LogP) is 4.20. The molecule has 4 aromatic rings. The smallest absolute Gasteiger partial charge is 0.252 e. The molecule has 1 N–H and O–H groups in total. The first kappa shape index (κ1) is 20.4. The standard InChI is InChI=1S/C25H28N6O/c1-15(21-14-30(4)28-16(21)2)26-25(32)20-12-22(19-10-11-19)27-24-23(20)17(3)29-31(24)13-18-8-6-5-7-9-18/h5-9,12,14-15,19H,10-11,13H2,1-4H3,(H,26,32)/t15-/m0/s1. The summed E-state index contributed by atoms with van der Waals surface area (Å²) in [6, 6.07) is 12.0. The van der Waals surface area contributed by atoms with Crippen molar-refractivity contribution in [1.82, 2.24) is 29.9 Å². The first-order chi connectivity index (χ1) is 15.4. The molecule has 0 unspecified atom stereocenters. The van der Waals surface area contributed by atoms with Gasteiger partial charge >= 0.3 is 0 Å². The van der Waals surface area contributed by atoms with Crippen LogP contribution < -0.4 is 5.32 Å². The molecular weight excluding hydrogens is 400 g/mol. The molecule has 1 amide bonds. The molecule has 0 spiro atoms. The van der Waals surface area contributed by atoms with E-state index in [-0.39, 0.29) is 11.9 Å². The topological polar surface area (TPSA) is 77.6 Å². The maximum absolute atomic E-state index is 13.5. The number of pyridine rings is 1. The maximum Gasteiger partial charge on any atom is 0.252 e. The second-order valence-corrected chi connectivity index (χ2v) is 8.83. The van der Waals surface area contributed by atoms with Gasteiger partial charge in [-0.05, 0) is 45.2 Å². The van der Waals surface area contributed by atoms with E-state index in [0.29, 0.717) is 18.0 Å². The van der Waals surface area contributed by atoms with Crippen molar-refractivity contribution in [2.24, 2.45) is 7.05 Å². The molecule has 0 radical (unpaired) electrons. The van der Waals surface area contributed by atoms with Gasteiger partial charge in [-0.1, -0.05) is 30.3 Å². The van der Waals surface area contributed by atoms with E-state index < -0.39 is 0 Å². The van der Waals surface area contributed by atoms with Gasteiger partial charge in [-0.15, -0.1) is 0 Å². The number of fused-ring (bicyclic) bond motifs is 1. The van der Waals surface area contributed by atoms with Crippen LogP contribution in [0.3, 0.4) is 0 Å². The van der Waals surface area contributed by atoms with Crippen LogP contribution in [0.1, 0.15) is 70.3 Å². The van der Waals surface area contributed by atoms with Gasteiger partial charge in [-0.3, -0.25) is 9.48 Å². The third-order valence-corrected chi connectivity index (χ3v) is 6.18. The van der Waals surface area contributed by atoms with Gasteiger partial charge in [0.1, 0.15) is 0 Å². The number of nitrogens with one attached hydrogen (secondary N) is 1. The van der Waals surface area contributed by atoms with Gasteiger partial charge in [0, 0.05) is 30.4 Å². The van der Waals surface area contributed by atoms with Gasteiger partial charge in [0.25, 0.3) is 5.91 Å². The average molecular weight is 429 g/mol. The number of benzene rings is 1. The van der Waals surface area contributed by atoms with E-state index in [9.17, 15) is 4.79 Å². The summed E-state index contributed by atoms with van der Waals surface area (Å²) in [7, 11) is 1.89. The summed E-state index contributed by atoms with van der Waals surface area (Å²) in [5, 5.41) is 13.2. The monoisotopic (exact) mass is 428 g/mol. The van der Waals surface area contributed by atoms with E-state index in [2.05, 4.69) is 22.5 Å². The minimum absolute atomic E-state index is 0.0996. The lowest BCUT2D eigenvalue weighted by Gasteiger charge is -2.15. The van der Waals surface area contributed by atoms with Crippen LogP contribution in [-0.2, 0) is 13.6 Å². The van der Waals surface area contributed by atoms with Gasteiger partial charge in [-0.2, -0.15) is 10.2 Å². The lowest BCUT2D eigenvalue weighted by molar-refractivity contribution is 0.0941. The largest absolute Gasteiger partial charge is 0.345 e. The van der Waals surface area contributed by atoms with Crippen molar-refractivity contribution in [2.45, 2.75) is 52.1 Å². The van der Waals surface area contributed by atoms with Crippen molar-refractivity contribution in [3.63, 3.8) is 0 Å². The number of hydrogen-bond donors (Lipinski definition) is 1. The SMILES string of the molecule is Cc1nn(C)cc1[C@H](C)NC(=O)c1cc(C2CC2)nc2c1c(C)nn2Cc1ccccc1. The molecule has 5 rings (SSSR count). The third kappa shape index (κ3) is 3.79. The lowest BCUT2D eigenvalue weighted by Crippen LogP contribution is -2.27. The van der Waals surface area contributed by atoms with Crippen LogP contribution in [0.5, 0.6) is 0 Å². The van der Waals surface area contributed by atoms with Gasteiger partial charge in [0.2, 0.25) is 0 Å². The molecule has 3 aromatic heterocycles. The molecule has 1 aromatic carbocycles. The number of hydrogen-bond acceptors (Lipinski definition) is 4. The van der Waals surface area contributed by atoms with E-state index in [0.717, 1.165) is 52.1 Å². The summed E-state index contributed by atoms with van der Waals surface area (Å²) in [4.78, 5) is 18.4. The first-order valence-electron chi connectivity index (χ1n) is 11.1. The molecule has 3 heterocycles. The number of carbonyl (C=O) groups excluding carboxylic acids is 1. The fourth-order valence-corrected chi connectivity index (χ4v) is 4.40. The molecule has 1 saturated carbocycles. The van der Waals surface area contributed by atoms with E-state index in [4.69, 9.17) is 10.1 Å². The summed E-state index contributed by atoms with van der Waals surface area (Å²) in [5.41, 5.74) is 6.34. The average Bonchev–Trinajstić information content (AvgIpc) is 3.50. The minimum atomic E-state index is -0.150. The quantitative estimate of drug-likeness (QED) is 0.499. The number of nitrogens with zero attached hydrogens (tertiary/aromatic N) is 5. The van der Waals surface area contributed by atoms with Crippen LogP contribution in [0.4, 0.5) is 0 Å². The number of aromatic nitrogens is 5.